The number of aromatic nitrogens is 2. The lowest BCUT2D eigenvalue weighted by Crippen LogP contribution is -2.07. The monoisotopic (exact) mass is 365 g/mol. The third kappa shape index (κ3) is 3.79. The molecule has 0 aliphatic rings. The fraction of sp³-hybridized carbons (Fsp3) is 0.120. The highest BCUT2D eigenvalue weighted by Gasteiger charge is 2.18. The van der Waals surface area contributed by atoms with E-state index in [9.17, 15) is 0 Å². The molecule has 2 heterocycles. The second-order valence-corrected chi connectivity index (χ2v) is 7.06. The predicted molar refractivity (Wildman–Crippen MR) is 115 cm³/mol. The van der Waals surface area contributed by atoms with Crippen LogP contribution in [0.15, 0.2) is 91.5 Å². The van der Waals surface area contributed by atoms with Crippen LogP contribution in [0.1, 0.15) is 28.2 Å². The molecule has 2 aromatic carbocycles. The molecule has 0 atom stereocenters. The number of aryl methyl sites for hydroxylation is 1. The van der Waals surface area contributed by atoms with Crippen LogP contribution in [0.4, 0.5) is 5.69 Å². The van der Waals surface area contributed by atoms with E-state index >= 15 is 0 Å². The molecule has 3 nitrogen and oxygen atoms in total. The largest absolute Gasteiger partial charge is 0.399 e. The van der Waals surface area contributed by atoms with E-state index in [1.54, 1.807) is 0 Å². The summed E-state index contributed by atoms with van der Waals surface area (Å²) in [6.07, 6.45) is 8.39. The van der Waals surface area contributed by atoms with E-state index < -0.39 is 0 Å². The number of hydrogen-bond acceptors (Lipinski definition) is 3. The van der Waals surface area contributed by atoms with Gasteiger partial charge in [-0.2, -0.15) is 0 Å². The van der Waals surface area contributed by atoms with Gasteiger partial charge < -0.3 is 5.73 Å². The van der Waals surface area contributed by atoms with E-state index in [1.165, 1.54) is 33.4 Å². The van der Waals surface area contributed by atoms with Gasteiger partial charge in [0.15, 0.2) is 0 Å². The highest BCUT2D eigenvalue weighted by atomic mass is 14.6. The third-order valence-electron chi connectivity index (χ3n) is 5.17. The molecule has 0 fully saturated rings. The maximum atomic E-state index is 6.08. The lowest BCUT2D eigenvalue weighted by molar-refractivity contribution is 0.795. The predicted octanol–water partition coefficient (Wildman–Crippen LogP) is 5.41. The number of nitrogen functional groups attached to an aromatic ring is 1. The van der Waals surface area contributed by atoms with Crippen molar-refractivity contribution in [1.29, 1.82) is 0 Å². The Morgan fingerprint density at radius 2 is 1.46 bits per heavy atom. The van der Waals surface area contributed by atoms with Gasteiger partial charge in [0.05, 0.1) is 0 Å². The van der Waals surface area contributed by atoms with Crippen LogP contribution in [0.2, 0.25) is 0 Å². The molecular weight excluding hydrogens is 342 g/mol. The fourth-order valence-corrected chi connectivity index (χ4v) is 3.70. The number of benzene rings is 2. The van der Waals surface area contributed by atoms with Gasteiger partial charge in [-0.05, 0) is 71.0 Å². The summed E-state index contributed by atoms with van der Waals surface area (Å²) in [5, 5.41) is 0. The van der Waals surface area contributed by atoms with E-state index in [0.29, 0.717) is 0 Å². The van der Waals surface area contributed by atoms with E-state index in [-0.39, 0.29) is 5.92 Å². The Hall–Kier alpha value is -3.46. The average molecular weight is 365 g/mol. The molecule has 0 saturated heterocycles. The summed E-state index contributed by atoms with van der Waals surface area (Å²) >= 11 is 0. The molecule has 0 aliphatic carbocycles. The molecule has 2 N–H and O–H groups in total. The van der Waals surface area contributed by atoms with Crippen LogP contribution in [0, 0.1) is 6.92 Å². The van der Waals surface area contributed by atoms with Gasteiger partial charge in [-0.3, -0.25) is 9.97 Å². The maximum Gasteiger partial charge on any atom is 0.0320 e. The molecule has 0 spiro atoms. The van der Waals surface area contributed by atoms with Crippen LogP contribution in [0.5, 0.6) is 0 Å². The summed E-state index contributed by atoms with van der Waals surface area (Å²) in [4.78, 5) is 8.68. The van der Waals surface area contributed by atoms with Crippen LogP contribution in [0.3, 0.4) is 0 Å². The number of hydrogen-bond donors (Lipinski definition) is 1. The standard InChI is InChI=1S/C25H23N3/c1-18-10-11-22(26)15-24(18)23-9-3-2-6-19(23)14-25(20-7-4-12-27-16-20)21-8-5-13-28-17-21/h2-13,15-17,25H,14,26H2,1H3. The van der Waals surface area contributed by atoms with Crippen molar-refractivity contribution < 1.29 is 0 Å². The van der Waals surface area contributed by atoms with E-state index in [4.69, 9.17) is 5.73 Å². The van der Waals surface area contributed by atoms with Gasteiger partial charge in [0.1, 0.15) is 0 Å². The van der Waals surface area contributed by atoms with Crippen LogP contribution in [0.25, 0.3) is 11.1 Å². The first kappa shape index (κ1) is 17.9. The lowest BCUT2D eigenvalue weighted by Gasteiger charge is -2.20. The second-order valence-electron chi connectivity index (χ2n) is 7.06. The first-order valence-corrected chi connectivity index (χ1v) is 9.46. The van der Waals surface area contributed by atoms with Gasteiger partial charge >= 0.3 is 0 Å². The molecule has 0 unspecified atom stereocenters. The van der Waals surface area contributed by atoms with Gasteiger partial charge in [0.2, 0.25) is 0 Å². The SMILES string of the molecule is Cc1ccc(N)cc1-c1ccccc1CC(c1cccnc1)c1cccnc1. The minimum absolute atomic E-state index is 0.185. The third-order valence-corrected chi connectivity index (χ3v) is 5.17. The van der Waals surface area contributed by atoms with E-state index in [1.807, 2.05) is 43.0 Å². The number of rotatable bonds is 5. The van der Waals surface area contributed by atoms with Crippen molar-refractivity contribution in [2.75, 3.05) is 5.73 Å². The molecule has 0 aliphatic heterocycles. The number of nitrogens with two attached hydrogens (primary N) is 1. The van der Waals surface area contributed by atoms with Crippen LogP contribution < -0.4 is 5.73 Å². The number of anilines is 1. The highest BCUT2D eigenvalue weighted by Crippen LogP contribution is 2.34. The summed E-state index contributed by atoms with van der Waals surface area (Å²) < 4.78 is 0. The minimum Gasteiger partial charge on any atom is -0.399 e. The second kappa shape index (κ2) is 8.05. The van der Waals surface area contributed by atoms with Gasteiger partial charge in [0, 0.05) is 36.4 Å². The molecule has 0 amide bonds. The van der Waals surface area contributed by atoms with Crippen molar-refractivity contribution in [2.45, 2.75) is 19.3 Å². The van der Waals surface area contributed by atoms with Crippen molar-refractivity contribution in [2.24, 2.45) is 0 Å². The minimum atomic E-state index is 0.185. The molecule has 28 heavy (non-hydrogen) atoms. The Morgan fingerprint density at radius 3 is 2.11 bits per heavy atom. The smallest absolute Gasteiger partial charge is 0.0320 e. The molecule has 0 radical (unpaired) electrons. The van der Waals surface area contributed by atoms with Gasteiger partial charge in [-0.25, -0.2) is 0 Å². The van der Waals surface area contributed by atoms with Crippen LogP contribution in [-0.2, 0) is 6.42 Å². The number of pyridine rings is 2. The average Bonchev–Trinajstić information content (AvgIpc) is 2.75. The highest BCUT2D eigenvalue weighted by molar-refractivity contribution is 5.73. The Bertz CT molecular complexity index is 1020. The zero-order chi connectivity index (χ0) is 19.3. The van der Waals surface area contributed by atoms with Crippen molar-refractivity contribution >= 4 is 5.69 Å². The molecule has 3 heteroatoms. The molecule has 0 bridgehead atoms. The quantitative estimate of drug-likeness (QED) is 0.481. The lowest BCUT2D eigenvalue weighted by atomic mass is 9.84. The van der Waals surface area contributed by atoms with Crippen LogP contribution in [-0.4, -0.2) is 9.97 Å². The van der Waals surface area contributed by atoms with E-state index in [0.717, 1.165) is 12.1 Å². The zero-order valence-corrected chi connectivity index (χ0v) is 15.9. The molecule has 0 saturated carbocycles. The first-order valence-electron chi connectivity index (χ1n) is 9.46. The zero-order valence-electron chi connectivity index (χ0n) is 15.9. The van der Waals surface area contributed by atoms with E-state index in [2.05, 4.69) is 65.4 Å². The normalized spacial score (nSPS) is 10.9. The summed E-state index contributed by atoms with van der Waals surface area (Å²) in [6, 6.07) is 22.9. The Morgan fingerprint density at radius 1 is 0.786 bits per heavy atom. The molecule has 4 rings (SSSR count). The molecular formula is C25H23N3. The topological polar surface area (TPSA) is 51.8 Å². The van der Waals surface area contributed by atoms with Crippen molar-refractivity contribution in [3.05, 3.63) is 114 Å². The Balaban J connectivity index is 1.79. The maximum absolute atomic E-state index is 6.08. The number of nitrogens with zero attached hydrogens (tertiary/aromatic N) is 2. The van der Waals surface area contributed by atoms with Crippen molar-refractivity contribution in [3.63, 3.8) is 0 Å². The molecule has 2 aromatic heterocycles. The fourth-order valence-electron chi connectivity index (χ4n) is 3.70. The summed E-state index contributed by atoms with van der Waals surface area (Å²) in [6.45, 7) is 2.13. The van der Waals surface area contributed by atoms with Crippen LogP contribution >= 0.6 is 0 Å². The Labute approximate surface area is 165 Å². The summed E-state index contributed by atoms with van der Waals surface area (Å²) in [5.41, 5.74) is 14.2. The van der Waals surface area contributed by atoms with Crippen molar-refractivity contribution in [1.82, 2.24) is 9.97 Å². The first-order chi connectivity index (χ1) is 13.7. The Kier molecular flexibility index (Phi) is 5.16. The molecule has 138 valence electrons. The molecule has 4 aromatic rings. The van der Waals surface area contributed by atoms with Crippen molar-refractivity contribution in [3.8, 4) is 11.1 Å². The summed E-state index contributed by atoms with van der Waals surface area (Å²) in [5.74, 6) is 0.185. The van der Waals surface area contributed by atoms with Gasteiger partial charge in [-0.1, -0.05) is 42.5 Å². The van der Waals surface area contributed by atoms with Gasteiger partial charge in [-0.15, -0.1) is 0 Å². The van der Waals surface area contributed by atoms with Gasteiger partial charge in [0.25, 0.3) is 0 Å². The summed E-state index contributed by atoms with van der Waals surface area (Å²) in [7, 11) is 0.